The Labute approximate surface area is 246 Å². The molecule has 2 atom stereocenters. The van der Waals surface area contributed by atoms with Gasteiger partial charge in [-0.25, -0.2) is 13.2 Å². The number of aromatic carboxylic acids is 1. The molecule has 0 fully saturated rings. The lowest BCUT2D eigenvalue weighted by Gasteiger charge is -2.20. The van der Waals surface area contributed by atoms with Gasteiger partial charge in [0.05, 0.1) is 11.0 Å². The fraction of sp³-hybridized carbons (Fsp3) is 0.276. The second kappa shape index (κ2) is 12.4. The van der Waals surface area contributed by atoms with Crippen LogP contribution in [-0.4, -0.2) is 59.4 Å². The number of fused-ring (bicyclic) bond motifs is 1. The summed E-state index contributed by atoms with van der Waals surface area (Å²) in [6.07, 6.45) is -5.20. The highest BCUT2D eigenvalue weighted by molar-refractivity contribution is 7.89. The quantitative estimate of drug-likeness (QED) is 0.192. The first-order chi connectivity index (χ1) is 19.7. The van der Waals surface area contributed by atoms with E-state index in [1.807, 2.05) is 19.1 Å². The molecule has 13 heteroatoms. The second-order valence-electron chi connectivity index (χ2n) is 9.98. The van der Waals surface area contributed by atoms with Crippen LogP contribution < -0.4 is 5.32 Å². The van der Waals surface area contributed by atoms with Crippen LogP contribution in [0.25, 0.3) is 10.9 Å². The van der Waals surface area contributed by atoms with E-state index in [1.54, 1.807) is 41.0 Å². The van der Waals surface area contributed by atoms with Crippen molar-refractivity contribution in [1.82, 2.24) is 14.2 Å². The van der Waals surface area contributed by atoms with Crippen LogP contribution in [0.3, 0.4) is 0 Å². The Morgan fingerprint density at radius 1 is 1.05 bits per heavy atom. The molecule has 1 aromatic heterocycles. The number of sulfonamides is 1. The fourth-order valence-corrected chi connectivity index (χ4v) is 5.88. The third kappa shape index (κ3) is 7.13. The summed E-state index contributed by atoms with van der Waals surface area (Å²) in [6, 6.07) is 18.9. The number of rotatable bonds is 11. The van der Waals surface area contributed by atoms with Gasteiger partial charge in [-0.3, -0.25) is 0 Å². The molecule has 0 bridgehead atoms. The van der Waals surface area contributed by atoms with Gasteiger partial charge in [0.1, 0.15) is 5.69 Å². The molecule has 0 saturated carbocycles. The van der Waals surface area contributed by atoms with Gasteiger partial charge in [0.15, 0.2) is 0 Å². The minimum atomic E-state index is -5.07. The van der Waals surface area contributed by atoms with Crippen LogP contribution in [0.5, 0.6) is 0 Å². The van der Waals surface area contributed by atoms with Gasteiger partial charge in [-0.05, 0) is 72.5 Å². The van der Waals surface area contributed by atoms with Crippen LogP contribution in [-0.2, 0) is 23.0 Å². The zero-order valence-corrected chi connectivity index (χ0v) is 24.2. The van der Waals surface area contributed by atoms with Crippen molar-refractivity contribution >= 4 is 38.5 Å². The summed E-state index contributed by atoms with van der Waals surface area (Å²) >= 11 is 6.00. The van der Waals surface area contributed by atoms with Crippen molar-refractivity contribution in [1.29, 1.82) is 0 Å². The fourth-order valence-electron chi connectivity index (χ4n) is 4.61. The van der Waals surface area contributed by atoms with Gasteiger partial charge in [0, 0.05) is 42.1 Å². The van der Waals surface area contributed by atoms with Gasteiger partial charge in [0.2, 0.25) is 10.0 Å². The molecule has 3 aromatic carbocycles. The number of carboxylic acid groups (broad SMARTS) is 1. The topological polar surface area (TPSA) is 112 Å². The lowest BCUT2D eigenvalue weighted by molar-refractivity contribution is -0.202. The Morgan fingerprint density at radius 3 is 2.33 bits per heavy atom. The lowest BCUT2D eigenvalue weighted by atomic mass is 10.0. The molecule has 0 saturated heterocycles. The largest absolute Gasteiger partial charge is 0.477 e. The van der Waals surface area contributed by atoms with Crippen molar-refractivity contribution in [2.45, 2.75) is 43.2 Å². The number of benzene rings is 3. The Bertz CT molecular complexity index is 1690. The van der Waals surface area contributed by atoms with Crippen LogP contribution >= 0.6 is 11.6 Å². The molecule has 2 unspecified atom stereocenters. The van der Waals surface area contributed by atoms with E-state index >= 15 is 0 Å². The maximum Gasteiger partial charge on any atom is 0.473 e. The average molecular weight is 624 g/mol. The van der Waals surface area contributed by atoms with Crippen molar-refractivity contribution in [2.24, 2.45) is 0 Å². The average Bonchev–Trinajstić information content (AvgIpc) is 3.28. The highest BCUT2D eigenvalue weighted by Crippen LogP contribution is 2.28. The highest BCUT2D eigenvalue weighted by Gasteiger charge is 2.43. The van der Waals surface area contributed by atoms with E-state index in [2.05, 4.69) is 5.32 Å². The standard InChI is InChI=1S/C29H29ClF3N3O5S/c1-18(34-16-27(37)21-4-3-5-23(30)14-21)12-20-8-11-25-22(13-20)15-26(28(38)39)36(25)17-19-6-9-24(10-7-19)42(40,41)35(2)29(31,32)33/h3-11,13-15,18,27,34,37H,12,16-17H2,1-2H3,(H,38,39). The molecule has 42 heavy (non-hydrogen) atoms. The number of nitrogens with one attached hydrogen (secondary N) is 1. The number of hydrogen-bond donors (Lipinski definition) is 3. The maximum atomic E-state index is 12.9. The molecule has 3 N–H and O–H groups in total. The zero-order valence-electron chi connectivity index (χ0n) is 22.6. The number of carboxylic acids is 1. The van der Waals surface area contributed by atoms with E-state index in [0.717, 1.165) is 17.7 Å². The number of aromatic nitrogens is 1. The van der Waals surface area contributed by atoms with Crippen LogP contribution in [0, 0.1) is 0 Å². The van der Waals surface area contributed by atoms with E-state index in [0.29, 0.717) is 47.1 Å². The van der Waals surface area contributed by atoms with Crippen LogP contribution in [0.15, 0.2) is 77.7 Å². The molecule has 4 aromatic rings. The molecule has 0 radical (unpaired) electrons. The van der Waals surface area contributed by atoms with Crippen molar-refractivity contribution in [2.75, 3.05) is 13.6 Å². The smallest absolute Gasteiger partial charge is 0.473 e. The molecular weight excluding hydrogens is 595 g/mol. The maximum absolute atomic E-state index is 12.9. The number of hydrogen-bond acceptors (Lipinski definition) is 5. The summed E-state index contributed by atoms with van der Waals surface area (Å²) in [6.45, 7) is 2.34. The van der Waals surface area contributed by atoms with E-state index < -0.39 is 37.6 Å². The minimum absolute atomic E-state index is 0.00599. The van der Waals surface area contributed by atoms with Gasteiger partial charge in [-0.1, -0.05) is 41.9 Å². The molecule has 8 nitrogen and oxygen atoms in total. The van der Waals surface area contributed by atoms with Crippen molar-refractivity contribution in [3.63, 3.8) is 0 Å². The Morgan fingerprint density at radius 2 is 1.71 bits per heavy atom. The molecule has 1 heterocycles. The summed E-state index contributed by atoms with van der Waals surface area (Å²) in [4.78, 5) is 11.5. The number of halogens is 4. The van der Waals surface area contributed by atoms with Gasteiger partial charge < -0.3 is 20.1 Å². The van der Waals surface area contributed by atoms with Gasteiger partial charge in [-0.2, -0.15) is 13.2 Å². The van der Waals surface area contributed by atoms with E-state index in [-0.39, 0.29) is 18.3 Å². The van der Waals surface area contributed by atoms with Crippen LogP contribution in [0.4, 0.5) is 13.2 Å². The first-order valence-electron chi connectivity index (χ1n) is 12.8. The van der Waals surface area contributed by atoms with Crippen molar-refractivity contribution in [3.05, 3.63) is 100 Å². The Balaban J connectivity index is 1.49. The number of alkyl halides is 3. The molecule has 0 aliphatic carbocycles. The normalized spacial score (nSPS) is 13.9. The van der Waals surface area contributed by atoms with Gasteiger partial charge in [0.25, 0.3) is 0 Å². The number of aliphatic hydroxyl groups excluding tert-OH is 1. The molecule has 0 spiro atoms. The number of nitrogens with zero attached hydrogens (tertiary/aromatic N) is 2. The molecule has 0 aliphatic rings. The third-order valence-electron chi connectivity index (χ3n) is 6.90. The highest BCUT2D eigenvalue weighted by atomic mass is 35.5. The number of aliphatic hydroxyl groups is 1. The molecule has 0 aliphatic heterocycles. The first kappa shape index (κ1) is 31.5. The van der Waals surface area contributed by atoms with E-state index in [9.17, 15) is 36.6 Å². The predicted octanol–water partition coefficient (Wildman–Crippen LogP) is 5.44. The van der Waals surface area contributed by atoms with E-state index in [1.165, 1.54) is 12.1 Å². The molecule has 224 valence electrons. The van der Waals surface area contributed by atoms with Crippen molar-refractivity contribution in [3.8, 4) is 0 Å². The minimum Gasteiger partial charge on any atom is -0.477 e. The summed E-state index contributed by atoms with van der Waals surface area (Å²) in [5.41, 5.74) is 2.78. The predicted molar refractivity (Wildman–Crippen MR) is 153 cm³/mol. The summed E-state index contributed by atoms with van der Waals surface area (Å²) in [7, 11) is -4.35. The molecular formula is C29H29ClF3N3O5S. The van der Waals surface area contributed by atoms with Gasteiger partial charge >= 0.3 is 12.3 Å². The number of carbonyl (C=O) groups is 1. The van der Waals surface area contributed by atoms with E-state index in [4.69, 9.17) is 11.6 Å². The van der Waals surface area contributed by atoms with Crippen LogP contribution in [0.2, 0.25) is 5.02 Å². The second-order valence-corrected chi connectivity index (χ2v) is 12.4. The van der Waals surface area contributed by atoms with Gasteiger partial charge in [-0.15, -0.1) is 4.31 Å². The molecule has 4 rings (SSSR count). The molecule has 0 amide bonds. The van der Waals surface area contributed by atoms with Crippen LogP contribution in [0.1, 0.15) is 40.2 Å². The zero-order chi connectivity index (χ0) is 30.8. The summed E-state index contributed by atoms with van der Waals surface area (Å²) in [5.74, 6) is -1.16. The third-order valence-corrected chi connectivity index (χ3v) is 8.93. The Kier molecular flexibility index (Phi) is 9.33. The SMILES string of the molecule is CC(Cc1ccc2c(c1)cc(C(=O)O)n2Cc1ccc(S(=O)(=O)N(C)C(F)(F)F)cc1)NCC(O)c1cccc(Cl)c1. The summed E-state index contributed by atoms with van der Waals surface area (Å²) in [5, 5.41) is 24.8. The first-order valence-corrected chi connectivity index (χ1v) is 14.7. The lowest BCUT2D eigenvalue weighted by Crippen LogP contribution is -2.39. The Hall–Kier alpha value is -3.42. The summed E-state index contributed by atoms with van der Waals surface area (Å²) < 4.78 is 64.3. The monoisotopic (exact) mass is 623 g/mol. The van der Waals surface area contributed by atoms with Crippen molar-refractivity contribution < 1.29 is 36.6 Å².